The first-order valence-electron chi connectivity index (χ1n) is 7.05. The predicted molar refractivity (Wildman–Crippen MR) is 108 cm³/mol. The molecule has 2 rings (SSSR count). The Kier molecular flexibility index (Phi) is 6.22. The molecule has 3 heteroatoms. The Labute approximate surface area is 154 Å². The second-order valence-electron chi connectivity index (χ2n) is 5.44. The molecule has 0 aliphatic rings. The van der Waals surface area contributed by atoms with Gasteiger partial charge in [0.25, 0.3) is 0 Å². The molecule has 0 N–H and O–H groups in total. The molecule has 21 heavy (non-hydrogen) atoms. The van der Waals surface area contributed by atoms with Crippen LogP contribution in [0.2, 0.25) is 0 Å². The van der Waals surface area contributed by atoms with E-state index in [4.69, 9.17) is 4.99 Å². The van der Waals surface area contributed by atoms with Crippen molar-refractivity contribution in [1.82, 2.24) is 0 Å². The summed E-state index contributed by atoms with van der Waals surface area (Å²) in [6.45, 7) is 6.57. The van der Waals surface area contributed by atoms with Gasteiger partial charge in [-0.2, -0.15) is 0 Å². The van der Waals surface area contributed by atoms with Crippen LogP contribution in [-0.4, -0.2) is 6.21 Å². The van der Waals surface area contributed by atoms with Gasteiger partial charge in [0.15, 0.2) is 0 Å². The molecule has 1 unspecified atom stereocenters. The molecule has 0 fully saturated rings. The number of benzene rings is 2. The molecule has 0 spiro atoms. The SMILES string of the molecule is CC(C)c1ccc(/C=N\C(C)c2ccc(I)cc2I)cc1. The Morgan fingerprint density at radius 1 is 0.952 bits per heavy atom. The first kappa shape index (κ1) is 16.9. The van der Waals surface area contributed by atoms with Gasteiger partial charge in [-0.25, -0.2) is 0 Å². The number of nitrogens with zero attached hydrogens (tertiary/aromatic N) is 1. The molecule has 2 aromatic carbocycles. The molecule has 0 amide bonds. The molecule has 110 valence electrons. The van der Waals surface area contributed by atoms with Gasteiger partial charge in [0.2, 0.25) is 0 Å². The lowest BCUT2D eigenvalue weighted by atomic mass is 10.0. The van der Waals surface area contributed by atoms with Crippen molar-refractivity contribution >= 4 is 51.4 Å². The molecule has 2 aromatic rings. The molecular weight excluding hydrogens is 484 g/mol. The molecule has 0 aliphatic heterocycles. The third-order valence-corrected chi connectivity index (χ3v) is 5.07. The van der Waals surface area contributed by atoms with Crippen LogP contribution in [0.3, 0.4) is 0 Å². The summed E-state index contributed by atoms with van der Waals surface area (Å²) >= 11 is 4.73. The lowest BCUT2D eigenvalue weighted by molar-refractivity contribution is 0.819. The quantitative estimate of drug-likeness (QED) is 0.348. The average Bonchev–Trinajstić information content (AvgIpc) is 2.45. The Morgan fingerprint density at radius 2 is 1.62 bits per heavy atom. The first-order chi connectivity index (χ1) is 9.97. The van der Waals surface area contributed by atoms with Crippen LogP contribution in [0.4, 0.5) is 0 Å². The second kappa shape index (κ2) is 7.72. The zero-order chi connectivity index (χ0) is 15.4. The zero-order valence-corrected chi connectivity index (χ0v) is 16.8. The van der Waals surface area contributed by atoms with Crippen molar-refractivity contribution in [1.29, 1.82) is 0 Å². The third kappa shape index (κ3) is 4.77. The van der Waals surface area contributed by atoms with Crippen LogP contribution in [0.15, 0.2) is 47.5 Å². The predicted octanol–water partition coefficient (Wildman–Crippen LogP) is 6.20. The van der Waals surface area contributed by atoms with Crippen molar-refractivity contribution in [3.8, 4) is 0 Å². The Morgan fingerprint density at radius 3 is 2.19 bits per heavy atom. The Hall–Kier alpha value is -0.430. The van der Waals surface area contributed by atoms with E-state index in [-0.39, 0.29) is 6.04 Å². The summed E-state index contributed by atoms with van der Waals surface area (Å²) in [6, 6.07) is 15.3. The van der Waals surface area contributed by atoms with Gasteiger partial charge in [-0.05, 0) is 86.8 Å². The molecule has 0 bridgehead atoms. The fourth-order valence-corrected chi connectivity index (χ4v) is 4.14. The number of hydrogen-bond acceptors (Lipinski definition) is 1. The summed E-state index contributed by atoms with van der Waals surface area (Å²) in [5, 5.41) is 0. The van der Waals surface area contributed by atoms with Crippen LogP contribution >= 0.6 is 45.2 Å². The fraction of sp³-hybridized carbons (Fsp3) is 0.278. The normalized spacial score (nSPS) is 13.0. The van der Waals surface area contributed by atoms with Crippen LogP contribution in [-0.2, 0) is 0 Å². The van der Waals surface area contributed by atoms with E-state index in [0.717, 1.165) is 5.56 Å². The van der Waals surface area contributed by atoms with Crippen LogP contribution < -0.4 is 0 Å². The minimum absolute atomic E-state index is 0.179. The molecule has 0 saturated carbocycles. The minimum atomic E-state index is 0.179. The standard InChI is InChI=1S/C18H19I2N/c1-12(2)15-6-4-14(5-7-15)11-21-13(3)17-9-8-16(19)10-18(17)20/h4-13H,1-3H3/b21-11-. The van der Waals surface area contributed by atoms with E-state index in [1.54, 1.807) is 0 Å². The highest BCUT2D eigenvalue weighted by atomic mass is 127. The van der Waals surface area contributed by atoms with Gasteiger partial charge >= 0.3 is 0 Å². The first-order valence-corrected chi connectivity index (χ1v) is 9.21. The highest BCUT2D eigenvalue weighted by molar-refractivity contribution is 14.1. The molecule has 0 heterocycles. The molecule has 0 aliphatic carbocycles. The van der Waals surface area contributed by atoms with Crippen molar-refractivity contribution in [2.75, 3.05) is 0 Å². The van der Waals surface area contributed by atoms with Gasteiger partial charge in [0.05, 0.1) is 6.04 Å². The second-order valence-corrected chi connectivity index (χ2v) is 7.85. The van der Waals surface area contributed by atoms with E-state index in [1.807, 2.05) is 6.21 Å². The van der Waals surface area contributed by atoms with E-state index < -0.39 is 0 Å². The van der Waals surface area contributed by atoms with Crippen LogP contribution in [0.25, 0.3) is 0 Å². The highest BCUT2D eigenvalue weighted by Gasteiger charge is 2.07. The van der Waals surface area contributed by atoms with Gasteiger partial charge in [0.1, 0.15) is 0 Å². The van der Waals surface area contributed by atoms with Gasteiger partial charge in [0, 0.05) is 13.4 Å². The van der Waals surface area contributed by atoms with Crippen molar-refractivity contribution in [3.63, 3.8) is 0 Å². The zero-order valence-electron chi connectivity index (χ0n) is 12.5. The van der Waals surface area contributed by atoms with Gasteiger partial charge in [-0.15, -0.1) is 0 Å². The van der Waals surface area contributed by atoms with Gasteiger partial charge in [-0.1, -0.05) is 44.2 Å². The van der Waals surface area contributed by atoms with Crippen molar-refractivity contribution < 1.29 is 0 Å². The lowest BCUT2D eigenvalue weighted by Crippen LogP contribution is -1.95. The molecular formula is C18H19I2N. The van der Waals surface area contributed by atoms with E-state index in [9.17, 15) is 0 Å². The van der Waals surface area contributed by atoms with Crippen molar-refractivity contribution in [3.05, 3.63) is 66.3 Å². The monoisotopic (exact) mass is 503 g/mol. The maximum Gasteiger partial charge on any atom is 0.0731 e. The van der Waals surface area contributed by atoms with Crippen molar-refractivity contribution in [2.45, 2.75) is 32.7 Å². The smallest absolute Gasteiger partial charge is 0.0731 e. The van der Waals surface area contributed by atoms with Gasteiger partial charge in [-0.3, -0.25) is 4.99 Å². The summed E-state index contributed by atoms with van der Waals surface area (Å²) in [7, 11) is 0. The molecule has 1 nitrogen and oxygen atoms in total. The number of aliphatic imine (C=N–C) groups is 1. The van der Waals surface area contributed by atoms with E-state index in [1.165, 1.54) is 18.3 Å². The summed E-state index contributed by atoms with van der Waals surface area (Å²) in [5.74, 6) is 0.572. The Balaban J connectivity index is 2.12. The van der Waals surface area contributed by atoms with E-state index in [0.29, 0.717) is 5.92 Å². The maximum atomic E-state index is 4.70. The summed E-state index contributed by atoms with van der Waals surface area (Å²) in [4.78, 5) is 4.70. The summed E-state index contributed by atoms with van der Waals surface area (Å²) in [5.41, 5.74) is 3.81. The lowest BCUT2D eigenvalue weighted by Gasteiger charge is -2.10. The minimum Gasteiger partial charge on any atom is -0.285 e. The molecule has 1 atom stereocenters. The number of rotatable bonds is 4. The topological polar surface area (TPSA) is 12.4 Å². The highest BCUT2D eigenvalue weighted by Crippen LogP contribution is 2.24. The Bertz CT molecular complexity index is 630. The van der Waals surface area contributed by atoms with Crippen LogP contribution in [0.1, 0.15) is 49.4 Å². The maximum absolute atomic E-state index is 4.70. The molecule has 0 saturated heterocycles. The summed E-state index contributed by atoms with van der Waals surface area (Å²) < 4.78 is 2.54. The number of halogens is 2. The fourth-order valence-electron chi connectivity index (χ4n) is 2.09. The largest absolute Gasteiger partial charge is 0.285 e. The average molecular weight is 503 g/mol. The molecule has 0 aromatic heterocycles. The van der Waals surface area contributed by atoms with E-state index in [2.05, 4.69) is 108 Å². The van der Waals surface area contributed by atoms with Crippen molar-refractivity contribution in [2.24, 2.45) is 4.99 Å². The van der Waals surface area contributed by atoms with Crippen LogP contribution in [0, 0.1) is 7.14 Å². The van der Waals surface area contributed by atoms with Gasteiger partial charge < -0.3 is 0 Å². The third-order valence-electron chi connectivity index (χ3n) is 3.46. The number of hydrogen-bond donors (Lipinski definition) is 0. The molecule has 0 radical (unpaired) electrons. The van der Waals surface area contributed by atoms with E-state index >= 15 is 0 Å². The van der Waals surface area contributed by atoms with Crippen LogP contribution in [0.5, 0.6) is 0 Å². The summed E-state index contributed by atoms with van der Waals surface area (Å²) in [6.07, 6.45) is 1.98.